The molecular formula is C22H21ClN6. The van der Waals surface area contributed by atoms with E-state index in [-0.39, 0.29) is 0 Å². The molecule has 0 radical (unpaired) electrons. The third-order valence-corrected chi connectivity index (χ3v) is 5.63. The highest BCUT2D eigenvalue weighted by Gasteiger charge is 2.21. The van der Waals surface area contributed by atoms with Gasteiger partial charge in [-0.1, -0.05) is 23.7 Å². The zero-order valence-electron chi connectivity index (χ0n) is 15.9. The summed E-state index contributed by atoms with van der Waals surface area (Å²) in [5, 5.41) is 0.781. The van der Waals surface area contributed by atoms with Gasteiger partial charge in [0.05, 0.1) is 11.9 Å². The molecule has 0 saturated carbocycles. The Morgan fingerprint density at radius 2 is 1.62 bits per heavy atom. The predicted octanol–water partition coefficient (Wildman–Crippen LogP) is 3.77. The van der Waals surface area contributed by atoms with Crippen molar-refractivity contribution in [2.75, 3.05) is 31.1 Å². The number of aromatic nitrogens is 4. The van der Waals surface area contributed by atoms with Crippen LogP contribution in [0.5, 0.6) is 0 Å². The van der Waals surface area contributed by atoms with Gasteiger partial charge in [-0.3, -0.25) is 14.3 Å². The van der Waals surface area contributed by atoms with Crippen LogP contribution in [-0.4, -0.2) is 50.4 Å². The number of nitrogens with zero attached hydrogens (tertiary/aromatic N) is 6. The van der Waals surface area contributed by atoms with Crippen molar-refractivity contribution in [3.05, 3.63) is 78.0 Å². The molecule has 0 amide bonds. The Morgan fingerprint density at radius 1 is 0.862 bits per heavy atom. The highest BCUT2D eigenvalue weighted by molar-refractivity contribution is 6.30. The van der Waals surface area contributed by atoms with Gasteiger partial charge in [-0.05, 0) is 29.8 Å². The van der Waals surface area contributed by atoms with Crippen LogP contribution in [0.4, 0.5) is 5.82 Å². The van der Waals surface area contributed by atoms with Crippen molar-refractivity contribution < 1.29 is 0 Å². The SMILES string of the molecule is Clc1ccc(CN2CCN(c3nccn4c(-c5ccncc5)cnc34)CC2)cc1. The van der Waals surface area contributed by atoms with Crippen LogP contribution in [0.25, 0.3) is 16.9 Å². The number of hydrogen-bond donors (Lipinski definition) is 0. The van der Waals surface area contributed by atoms with Gasteiger partial charge in [-0.2, -0.15) is 0 Å². The molecule has 0 atom stereocenters. The first-order valence-electron chi connectivity index (χ1n) is 9.72. The van der Waals surface area contributed by atoms with Crippen molar-refractivity contribution in [2.45, 2.75) is 6.54 Å². The van der Waals surface area contributed by atoms with Gasteiger partial charge in [0.1, 0.15) is 0 Å². The maximum Gasteiger partial charge on any atom is 0.180 e. The Labute approximate surface area is 174 Å². The number of imidazole rings is 1. The number of hydrogen-bond acceptors (Lipinski definition) is 5. The van der Waals surface area contributed by atoms with Gasteiger partial charge in [0.2, 0.25) is 0 Å². The van der Waals surface area contributed by atoms with Gasteiger partial charge < -0.3 is 4.90 Å². The highest BCUT2D eigenvalue weighted by atomic mass is 35.5. The minimum absolute atomic E-state index is 0.781. The van der Waals surface area contributed by atoms with E-state index in [1.807, 2.05) is 42.9 Å². The standard InChI is InChI=1S/C22H21ClN6/c23-19-3-1-17(2-4-19)16-27-11-13-28(14-12-27)21-22-26-15-20(29(22)10-9-25-21)18-5-7-24-8-6-18/h1-10,15H,11-14,16H2. The molecule has 0 unspecified atom stereocenters. The molecule has 29 heavy (non-hydrogen) atoms. The van der Waals surface area contributed by atoms with E-state index in [2.05, 4.69) is 41.3 Å². The van der Waals surface area contributed by atoms with E-state index in [0.717, 1.165) is 60.5 Å². The van der Waals surface area contributed by atoms with Crippen molar-refractivity contribution in [1.82, 2.24) is 24.3 Å². The smallest absolute Gasteiger partial charge is 0.180 e. The molecule has 0 aliphatic carbocycles. The Kier molecular flexibility index (Phi) is 4.87. The lowest BCUT2D eigenvalue weighted by Crippen LogP contribution is -2.46. The highest BCUT2D eigenvalue weighted by Crippen LogP contribution is 2.25. The first-order chi connectivity index (χ1) is 14.3. The van der Waals surface area contributed by atoms with E-state index in [4.69, 9.17) is 11.6 Å². The molecule has 1 aromatic carbocycles. The van der Waals surface area contributed by atoms with Gasteiger partial charge in [0.25, 0.3) is 0 Å². The second-order valence-corrected chi connectivity index (χ2v) is 7.65. The number of halogens is 1. The van der Waals surface area contributed by atoms with Gasteiger partial charge in [0, 0.05) is 68.1 Å². The summed E-state index contributed by atoms with van der Waals surface area (Å²) in [6.45, 7) is 4.78. The molecule has 1 aliphatic rings. The van der Waals surface area contributed by atoms with Crippen molar-refractivity contribution in [3.8, 4) is 11.3 Å². The van der Waals surface area contributed by atoms with E-state index in [0.29, 0.717) is 0 Å². The monoisotopic (exact) mass is 404 g/mol. The number of anilines is 1. The lowest BCUT2D eigenvalue weighted by molar-refractivity contribution is 0.249. The van der Waals surface area contributed by atoms with Crippen LogP contribution in [0.2, 0.25) is 5.02 Å². The van der Waals surface area contributed by atoms with E-state index >= 15 is 0 Å². The molecule has 0 bridgehead atoms. The van der Waals surface area contributed by atoms with Crippen LogP contribution >= 0.6 is 11.6 Å². The minimum atomic E-state index is 0.781. The molecular weight excluding hydrogens is 384 g/mol. The van der Waals surface area contributed by atoms with Gasteiger partial charge in [-0.15, -0.1) is 0 Å². The van der Waals surface area contributed by atoms with E-state index in [1.54, 1.807) is 12.4 Å². The second-order valence-electron chi connectivity index (χ2n) is 7.21. The maximum atomic E-state index is 5.99. The van der Waals surface area contributed by atoms with Crippen molar-refractivity contribution in [3.63, 3.8) is 0 Å². The number of piperazine rings is 1. The van der Waals surface area contributed by atoms with Crippen molar-refractivity contribution in [2.24, 2.45) is 0 Å². The molecule has 3 aromatic heterocycles. The van der Waals surface area contributed by atoms with E-state index in [9.17, 15) is 0 Å². The average Bonchev–Trinajstić information content (AvgIpc) is 3.21. The molecule has 4 heterocycles. The molecule has 0 spiro atoms. The lowest BCUT2D eigenvalue weighted by atomic mass is 10.2. The molecule has 5 rings (SSSR count). The maximum absolute atomic E-state index is 5.99. The number of pyridine rings is 1. The Morgan fingerprint density at radius 3 is 2.38 bits per heavy atom. The largest absolute Gasteiger partial charge is 0.351 e. The number of rotatable bonds is 4. The predicted molar refractivity (Wildman–Crippen MR) is 115 cm³/mol. The lowest BCUT2D eigenvalue weighted by Gasteiger charge is -2.35. The molecule has 1 aliphatic heterocycles. The fraction of sp³-hybridized carbons (Fsp3) is 0.227. The summed E-state index contributed by atoms with van der Waals surface area (Å²) in [6, 6.07) is 12.1. The summed E-state index contributed by atoms with van der Waals surface area (Å²) < 4.78 is 2.11. The quantitative estimate of drug-likeness (QED) is 0.518. The van der Waals surface area contributed by atoms with Crippen molar-refractivity contribution >= 4 is 23.1 Å². The fourth-order valence-electron chi connectivity index (χ4n) is 3.83. The van der Waals surface area contributed by atoms with Crippen LogP contribution in [0.3, 0.4) is 0 Å². The molecule has 4 aromatic rings. The first kappa shape index (κ1) is 18.1. The Bertz CT molecular complexity index is 1100. The van der Waals surface area contributed by atoms with E-state index in [1.165, 1.54) is 5.56 Å². The zero-order valence-corrected chi connectivity index (χ0v) is 16.7. The number of fused-ring (bicyclic) bond motifs is 1. The van der Waals surface area contributed by atoms with E-state index < -0.39 is 0 Å². The van der Waals surface area contributed by atoms with Gasteiger partial charge in [0.15, 0.2) is 11.5 Å². The van der Waals surface area contributed by atoms with Crippen LogP contribution < -0.4 is 4.90 Å². The van der Waals surface area contributed by atoms with Gasteiger partial charge >= 0.3 is 0 Å². The Hall–Kier alpha value is -2.96. The number of benzene rings is 1. The van der Waals surface area contributed by atoms with Crippen LogP contribution in [-0.2, 0) is 6.54 Å². The summed E-state index contributed by atoms with van der Waals surface area (Å²) >= 11 is 5.99. The van der Waals surface area contributed by atoms with Crippen LogP contribution in [0.15, 0.2) is 67.4 Å². The molecule has 6 nitrogen and oxygen atoms in total. The average molecular weight is 405 g/mol. The first-order valence-corrected chi connectivity index (χ1v) is 10.1. The minimum Gasteiger partial charge on any atom is -0.351 e. The zero-order chi connectivity index (χ0) is 19.6. The van der Waals surface area contributed by atoms with Crippen molar-refractivity contribution in [1.29, 1.82) is 0 Å². The molecule has 7 heteroatoms. The normalized spacial score (nSPS) is 15.1. The third-order valence-electron chi connectivity index (χ3n) is 5.38. The summed E-state index contributed by atoms with van der Waals surface area (Å²) in [7, 11) is 0. The molecule has 0 N–H and O–H groups in total. The molecule has 1 fully saturated rings. The summed E-state index contributed by atoms with van der Waals surface area (Å²) in [6.07, 6.45) is 9.34. The third kappa shape index (κ3) is 3.69. The van der Waals surface area contributed by atoms with Crippen LogP contribution in [0.1, 0.15) is 5.56 Å². The Balaban J connectivity index is 1.33. The summed E-state index contributed by atoms with van der Waals surface area (Å²) in [4.78, 5) is 18.2. The summed E-state index contributed by atoms with van der Waals surface area (Å²) in [5.41, 5.74) is 4.33. The summed E-state index contributed by atoms with van der Waals surface area (Å²) in [5.74, 6) is 0.943. The molecule has 146 valence electrons. The second kappa shape index (κ2) is 7.81. The fourth-order valence-corrected chi connectivity index (χ4v) is 3.96. The van der Waals surface area contributed by atoms with Gasteiger partial charge in [-0.25, -0.2) is 9.97 Å². The van der Waals surface area contributed by atoms with Crippen LogP contribution in [0, 0.1) is 0 Å². The topological polar surface area (TPSA) is 49.6 Å². The molecule has 1 saturated heterocycles.